The molecule has 0 amide bonds. The van der Waals surface area contributed by atoms with E-state index in [9.17, 15) is 0 Å². The molecule has 18 heavy (non-hydrogen) atoms. The Hall–Kier alpha value is -1.88. The average Bonchev–Trinajstić information content (AvgIpc) is 2.75. The summed E-state index contributed by atoms with van der Waals surface area (Å²) >= 11 is 0. The lowest BCUT2D eigenvalue weighted by molar-refractivity contribution is 0.408. The molecule has 1 aromatic heterocycles. The highest BCUT2D eigenvalue weighted by atomic mass is 16.5. The Kier molecular flexibility index (Phi) is 3.34. The number of rotatable bonds is 4. The van der Waals surface area contributed by atoms with E-state index in [1.165, 1.54) is 0 Å². The molecule has 96 valence electrons. The van der Waals surface area contributed by atoms with Crippen LogP contribution in [0.3, 0.4) is 0 Å². The van der Waals surface area contributed by atoms with Crippen molar-refractivity contribution in [1.29, 1.82) is 0 Å². The van der Waals surface area contributed by atoms with Gasteiger partial charge in [0.2, 0.25) is 0 Å². The Morgan fingerprint density at radius 1 is 1.28 bits per heavy atom. The Labute approximate surface area is 107 Å². The molecule has 0 fully saturated rings. The predicted molar refractivity (Wildman–Crippen MR) is 70.3 cm³/mol. The van der Waals surface area contributed by atoms with Crippen LogP contribution in [0.4, 0.5) is 0 Å². The molecule has 0 aliphatic rings. The van der Waals surface area contributed by atoms with Crippen molar-refractivity contribution in [3.8, 4) is 17.1 Å². The summed E-state index contributed by atoms with van der Waals surface area (Å²) in [6.45, 7) is 4.56. The van der Waals surface area contributed by atoms with E-state index in [1.807, 2.05) is 38.1 Å². The van der Waals surface area contributed by atoms with Gasteiger partial charge >= 0.3 is 0 Å². The number of hydrogen-bond acceptors (Lipinski definition) is 4. The Morgan fingerprint density at radius 3 is 2.50 bits per heavy atom. The molecule has 5 nitrogen and oxygen atoms in total. The van der Waals surface area contributed by atoms with Gasteiger partial charge in [-0.3, -0.25) is 4.68 Å². The number of benzene rings is 1. The number of aromatic nitrogens is 3. The van der Waals surface area contributed by atoms with E-state index in [0.717, 1.165) is 11.3 Å². The zero-order chi connectivity index (χ0) is 13.2. The van der Waals surface area contributed by atoms with Crippen LogP contribution < -0.4 is 10.5 Å². The first-order valence-corrected chi connectivity index (χ1v) is 5.81. The van der Waals surface area contributed by atoms with Crippen LogP contribution in [-0.2, 0) is 6.54 Å². The molecule has 0 spiro atoms. The molecular weight excluding hydrogens is 228 g/mol. The molecule has 2 N–H and O–H groups in total. The van der Waals surface area contributed by atoms with Gasteiger partial charge in [0.25, 0.3) is 0 Å². The van der Waals surface area contributed by atoms with E-state index in [-0.39, 0.29) is 5.54 Å². The van der Waals surface area contributed by atoms with E-state index < -0.39 is 0 Å². The molecule has 0 saturated heterocycles. The SMILES string of the molecule is COc1ccc(-c2ncn(CC(C)(C)N)n2)cc1. The maximum Gasteiger partial charge on any atom is 0.181 e. The summed E-state index contributed by atoms with van der Waals surface area (Å²) in [6, 6.07) is 7.66. The van der Waals surface area contributed by atoms with Gasteiger partial charge in [-0.25, -0.2) is 4.98 Å². The molecule has 2 aromatic rings. The van der Waals surface area contributed by atoms with Crippen LogP contribution in [0.25, 0.3) is 11.4 Å². The fourth-order valence-corrected chi connectivity index (χ4v) is 1.66. The summed E-state index contributed by atoms with van der Waals surface area (Å²) < 4.78 is 6.88. The van der Waals surface area contributed by atoms with E-state index in [4.69, 9.17) is 10.5 Å². The lowest BCUT2D eigenvalue weighted by Gasteiger charge is -2.17. The average molecular weight is 246 g/mol. The Morgan fingerprint density at radius 2 is 1.94 bits per heavy atom. The van der Waals surface area contributed by atoms with Crippen molar-refractivity contribution in [1.82, 2.24) is 14.8 Å². The number of methoxy groups -OCH3 is 1. The van der Waals surface area contributed by atoms with Gasteiger partial charge in [-0.05, 0) is 38.1 Å². The summed E-state index contributed by atoms with van der Waals surface area (Å²) in [6.07, 6.45) is 1.70. The number of nitrogens with two attached hydrogens (primary N) is 1. The van der Waals surface area contributed by atoms with Crippen molar-refractivity contribution in [3.63, 3.8) is 0 Å². The quantitative estimate of drug-likeness (QED) is 0.891. The van der Waals surface area contributed by atoms with Gasteiger partial charge in [-0.15, -0.1) is 0 Å². The van der Waals surface area contributed by atoms with E-state index in [0.29, 0.717) is 12.4 Å². The van der Waals surface area contributed by atoms with Crippen LogP contribution in [0.1, 0.15) is 13.8 Å². The second kappa shape index (κ2) is 4.78. The van der Waals surface area contributed by atoms with Crippen LogP contribution >= 0.6 is 0 Å². The van der Waals surface area contributed by atoms with Gasteiger partial charge in [0.15, 0.2) is 5.82 Å². The van der Waals surface area contributed by atoms with Gasteiger partial charge in [0, 0.05) is 11.1 Å². The first-order chi connectivity index (χ1) is 8.48. The van der Waals surface area contributed by atoms with Crippen LogP contribution in [-0.4, -0.2) is 27.4 Å². The van der Waals surface area contributed by atoms with Gasteiger partial charge < -0.3 is 10.5 Å². The van der Waals surface area contributed by atoms with E-state index >= 15 is 0 Å². The molecule has 0 saturated carbocycles. The third-order valence-electron chi connectivity index (χ3n) is 2.45. The fourth-order valence-electron chi connectivity index (χ4n) is 1.66. The molecule has 0 atom stereocenters. The van der Waals surface area contributed by atoms with Crippen LogP contribution in [0.2, 0.25) is 0 Å². The highest BCUT2D eigenvalue weighted by Crippen LogP contribution is 2.18. The molecule has 0 bridgehead atoms. The molecule has 5 heteroatoms. The molecule has 1 aromatic carbocycles. The number of nitrogens with zero attached hydrogens (tertiary/aromatic N) is 3. The van der Waals surface area contributed by atoms with Crippen LogP contribution in [0, 0.1) is 0 Å². The van der Waals surface area contributed by atoms with Crippen molar-refractivity contribution in [3.05, 3.63) is 30.6 Å². The zero-order valence-electron chi connectivity index (χ0n) is 10.9. The number of hydrogen-bond donors (Lipinski definition) is 1. The van der Waals surface area contributed by atoms with Crippen molar-refractivity contribution in [2.24, 2.45) is 5.73 Å². The first-order valence-electron chi connectivity index (χ1n) is 5.81. The van der Waals surface area contributed by atoms with Crippen LogP contribution in [0.15, 0.2) is 30.6 Å². The summed E-state index contributed by atoms with van der Waals surface area (Å²) in [5.41, 5.74) is 6.61. The van der Waals surface area contributed by atoms with Gasteiger partial charge in [0.05, 0.1) is 13.7 Å². The van der Waals surface area contributed by atoms with Crippen molar-refractivity contribution in [2.75, 3.05) is 7.11 Å². The van der Waals surface area contributed by atoms with Gasteiger partial charge in [0.1, 0.15) is 12.1 Å². The highest BCUT2D eigenvalue weighted by molar-refractivity contribution is 5.55. The molecule has 1 heterocycles. The number of ether oxygens (including phenoxy) is 1. The molecule has 0 radical (unpaired) electrons. The Bertz CT molecular complexity index is 511. The van der Waals surface area contributed by atoms with Crippen molar-refractivity contribution >= 4 is 0 Å². The standard InChI is InChI=1S/C13H18N4O/c1-13(2,14)8-17-9-15-12(16-17)10-4-6-11(18-3)7-5-10/h4-7,9H,8,14H2,1-3H3. The zero-order valence-corrected chi connectivity index (χ0v) is 10.9. The normalized spacial score (nSPS) is 11.6. The second-order valence-electron chi connectivity index (χ2n) is 4.98. The van der Waals surface area contributed by atoms with E-state index in [2.05, 4.69) is 10.1 Å². The smallest absolute Gasteiger partial charge is 0.181 e. The van der Waals surface area contributed by atoms with E-state index in [1.54, 1.807) is 18.1 Å². The third-order valence-corrected chi connectivity index (χ3v) is 2.45. The highest BCUT2D eigenvalue weighted by Gasteiger charge is 2.13. The third kappa shape index (κ3) is 3.07. The molecule has 0 aliphatic carbocycles. The molecular formula is C13H18N4O. The monoisotopic (exact) mass is 246 g/mol. The first kappa shape index (κ1) is 12.6. The lowest BCUT2D eigenvalue weighted by Crippen LogP contribution is -2.37. The molecule has 2 rings (SSSR count). The fraction of sp³-hybridized carbons (Fsp3) is 0.385. The van der Waals surface area contributed by atoms with Gasteiger partial charge in [-0.1, -0.05) is 0 Å². The van der Waals surface area contributed by atoms with Gasteiger partial charge in [-0.2, -0.15) is 5.10 Å². The minimum atomic E-state index is -0.301. The summed E-state index contributed by atoms with van der Waals surface area (Å²) in [5.74, 6) is 1.52. The minimum Gasteiger partial charge on any atom is -0.497 e. The summed E-state index contributed by atoms with van der Waals surface area (Å²) in [4.78, 5) is 4.28. The predicted octanol–water partition coefficient (Wildman–Crippen LogP) is 1.69. The largest absolute Gasteiger partial charge is 0.497 e. The lowest BCUT2D eigenvalue weighted by atomic mass is 10.1. The Balaban J connectivity index is 2.18. The molecule has 0 unspecified atom stereocenters. The topological polar surface area (TPSA) is 66.0 Å². The van der Waals surface area contributed by atoms with Crippen LogP contribution in [0.5, 0.6) is 5.75 Å². The molecule has 0 aliphatic heterocycles. The second-order valence-corrected chi connectivity index (χ2v) is 4.98. The summed E-state index contributed by atoms with van der Waals surface area (Å²) in [5, 5.41) is 4.41. The summed E-state index contributed by atoms with van der Waals surface area (Å²) in [7, 11) is 1.64. The van der Waals surface area contributed by atoms with Crippen molar-refractivity contribution in [2.45, 2.75) is 25.9 Å². The van der Waals surface area contributed by atoms with Crippen molar-refractivity contribution < 1.29 is 4.74 Å². The maximum atomic E-state index is 5.95. The maximum absolute atomic E-state index is 5.95. The minimum absolute atomic E-state index is 0.301.